The van der Waals surface area contributed by atoms with E-state index in [9.17, 15) is 0 Å². The standard InChI is InChI=1S/C25H30N2/c1-5-9-23-21(19-20-11-14-22(26)15-12-20)13-16-25(24(23)10-6-2)27(17-7-3)18-8-4/h5-8,11-16H,1-4,9-10,17-19,26H2. The Morgan fingerprint density at radius 2 is 1.33 bits per heavy atom. The third-order valence-electron chi connectivity index (χ3n) is 4.61. The molecule has 140 valence electrons. The SMILES string of the molecule is C=CCc1c(Cc2ccc(N)cc2)ccc(N(CC=C)CC=C)c1CC=C. The molecule has 2 N–H and O–H groups in total. The first-order chi connectivity index (χ1) is 13.1. The van der Waals surface area contributed by atoms with E-state index in [1.54, 1.807) is 0 Å². The smallest absolute Gasteiger partial charge is 0.0410 e. The highest BCUT2D eigenvalue weighted by Gasteiger charge is 2.15. The fourth-order valence-electron chi connectivity index (χ4n) is 3.40. The Balaban J connectivity index is 2.54. The average molecular weight is 359 g/mol. The normalized spacial score (nSPS) is 10.2. The van der Waals surface area contributed by atoms with E-state index < -0.39 is 0 Å². The van der Waals surface area contributed by atoms with E-state index in [4.69, 9.17) is 5.73 Å². The Labute approximate surface area is 164 Å². The average Bonchev–Trinajstić information content (AvgIpc) is 2.66. The van der Waals surface area contributed by atoms with Crippen LogP contribution in [0.2, 0.25) is 0 Å². The topological polar surface area (TPSA) is 29.3 Å². The molecule has 0 aliphatic carbocycles. The van der Waals surface area contributed by atoms with Crippen LogP contribution in [0.15, 0.2) is 87.0 Å². The van der Waals surface area contributed by atoms with E-state index in [2.05, 4.69) is 55.5 Å². The van der Waals surface area contributed by atoms with Gasteiger partial charge in [0.2, 0.25) is 0 Å². The van der Waals surface area contributed by atoms with Crippen LogP contribution in [0.3, 0.4) is 0 Å². The van der Waals surface area contributed by atoms with Crippen molar-refractivity contribution in [3.05, 3.63) is 109 Å². The summed E-state index contributed by atoms with van der Waals surface area (Å²) in [5.41, 5.74) is 13.0. The van der Waals surface area contributed by atoms with Gasteiger partial charge in [0.1, 0.15) is 0 Å². The molecular weight excluding hydrogens is 328 g/mol. The highest BCUT2D eigenvalue weighted by Crippen LogP contribution is 2.30. The highest BCUT2D eigenvalue weighted by atomic mass is 15.1. The summed E-state index contributed by atoms with van der Waals surface area (Å²) < 4.78 is 0. The van der Waals surface area contributed by atoms with Crippen molar-refractivity contribution < 1.29 is 0 Å². The zero-order chi connectivity index (χ0) is 19.6. The number of nitrogen functional groups attached to an aromatic ring is 1. The van der Waals surface area contributed by atoms with Crippen molar-refractivity contribution in [2.75, 3.05) is 23.7 Å². The van der Waals surface area contributed by atoms with Crippen LogP contribution in [0.1, 0.15) is 22.3 Å². The predicted molar refractivity (Wildman–Crippen MR) is 121 cm³/mol. The summed E-state index contributed by atoms with van der Waals surface area (Å²) in [4.78, 5) is 2.29. The van der Waals surface area contributed by atoms with Crippen molar-refractivity contribution in [2.24, 2.45) is 0 Å². The summed E-state index contributed by atoms with van der Waals surface area (Å²) in [5.74, 6) is 0. The first kappa shape index (κ1) is 20.3. The van der Waals surface area contributed by atoms with Crippen molar-refractivity contribution in [3.63, 3.8) is 0 Å². The third kappa shape index (κ3) is 5.24. The maximum Gasteiger partial charge on any atom is 0.0410 e. The van der Waals surface area contributed by atoms with Gasteiger partial charge in [-0.05, 0) is 59.7 Å². The second-order valence-corrected chi connectivity index (χ2v) is 6.59. The van der Waals surface area contributed by atoms with Crippen LogP contribution < -0.4 is 10.6 Å². The Morgan fingerprint density at radius 3 is 1.89 bits per heavy atom. The van der Waals surface area contributed by atoms with E-state index in [-0.39, 0.29) is 0 Å². The lowest BCUT2D eigenvalue weighted by Crippen LogP contribution is -2.25. The molecule has 0 aliphatic rings. The molecule has 2 aromatic carbocycles. The zero-order valence-electron chi connectivity index (χ0n) is 16.2. The van der Waals surface area contributed by atoms with Crippen molar-refractivity contribution in [2.45, 2.75) is 19.3 Å². The molecule has 0 atom stereocenters. The monoisotopic (exact) mass is 358 g/mol. The number of allylic oxidation sites excluding steroid dienone is 2. The van der Waals surface area contributed by atoms with E-state index in [0.717, 1.165) is 38.0 Å². The Morgan fingerprint density at radius 1 is 0.741 bits per heavy atom. The molecule has 0 radical (unpaired) electrons. The van der Waals surface area contributed by atoms with Gasteiger partial charge >= 0.3 is 0 Å². The number of benzene rings is 2. The fourth-order valence-corrected chi connectivity index (χ4v) is 3.40. The molecule has 0 amide bonds. The summed E-state index contributed by atoms with van der Waals surface area (Å²) in [6.45, 7) is 17.3. The van der Waals surface area contributed by atoms with Gasteiger partial charge < -0.3 is 10.6 Å². The summed E-state index contributed by atoms with van der Waals surface area (Å²) in [7, 11) is 0. The second kappa shape index (κ2) is 10.2. The molecule has 0 aromatic heterocycles. The first-order valence-corrected chi connectivity index (χ1v) is 9.31. The van der Waals surface area contributed by atoms with Gasteiger partial charge in [0.05, 0.1) is 0 Å². The molecule has 0 saturated heterocycles. The van der Waals surface area contributed by atoms with Crippen LogP contribution in [0, 0.1) is 0 Å². The highest BCUT2D eigenvalue weighted by molar-refractivity contribution is 5.61. The van der Waals surface area contributed by atoms with Gasteiger partial charge in [-0.2, -0.15) is 0 Å². The molecule has 2 nitrogen and oxygen atoms in total. The van der Waals surface area contributed by atoms with Crippen molar-refractivity contribution in [3.8, 4) is 0 Å². The maximum absolute atomic E-state index is 5.83. The van der Waals surface area contributed by atoms with E-state index in [1.807, 2.05) is 36.4 Å². The molecule has 0 fully saturated rings. The number of nitrogens with two attached hydrogens (primary N) is 1. The lowest BCUT2D eigenvalue weighted by atomic mass is 9.90. The molecule has 2 heteroatoms. The lowest BCUT2D eigenvalue weighted by molar-refractivity contribution is 0.932. The van der Waals surface area contributed by atoms with Gasteiger partial charge in [0.15, 0.2) is 0 Å². The van der Waals surface area contributed by atoms with Crippen molar-refractivity contribution in [1.82, 2.24) is 0 Å². The number of rotatable bonds is 11. The zero-order valence-corrected chi connectivity index (χ0v) is 16.2. The predicted octanol–water partition coefficient (Wildman–Crippen LogP) is 5.50. The molecule has 0 aliphatic heterocycles. The van der Waals surface area contributed by atoms with Crippen LogP contribution in [0.25, 0.3) is 0 Å². The number of anilines is 2. The van der Waals surface area contributed by atoms with Crippen LogP contribution >= 0.6 is 0 Å². The largest absolute Gasteiger partial charge is 0.399 e. The summed E-state index contributed by atoms with van der Waals surface area (Å²) >= 11 is 0. The van der Waals surface area contributed by atoms with E-state index >= 15 is 0 Å². The Kier molecular flexibility index (Phi) is 7.69. The molecular formula is C25H30N2. The van der Waals surface area contributed by atoms with E-state index in [0.29, 0.717) is 0 Å². The molecule has 2 aromatic rings. The fraction of sp³-hybridized carbons (Fsp3) is 0.200. The Hall–Kier alpha value is -3.00. The lowest BCUT2D eigenvalue weighted by Gasteiger charge is -2.27. The quantitative estimate of drug-likeness (QED) is 0.425. The maximum atomic E-state index is 5.83. The molecule has 2 rings (SSSR count). The van der Waals surface area contributed by atoms with Gasteiger partial charge in [-0.25, -0.2) is 0 Å². The van der Waals surface area contributed by atoms with Gasteiger partial charge in [-0.3, -0.25) is 0 Å². The number of nitrogens with zero attached hydrogens (tertiary/aromatic N) is 1. The van der Waals surface area contributed by atoms with Crippen LogP contribution in [-0.2, 0) is 19.3 Å². The molecule has 0 saturated carbocycles. The van der Waals surface area contributed by atoms with Crippen molar-refractivity contribution in [1.29, 1.82) is 0 Å². The van der Waals surface area contributed by atoms with Crippen LogP contribution in [0.5, 0.6) is 0 Å². The van der Waals surface area contributed by atoms with E-state index in [1.165, 1.54) is 27.9 Å². The third-order valence-corrected chi connectivity index (χ3v) is 4.61. The molecule has 27 heavy (non-hydrogen) atoms. The minimum Gasteiger partial charge on any atom is -0.399 e. The summed E-state index contributed by atoms with van der Waals surface area (Å²) in [5, 5.41) is 0. The Bertz CT molecular complexity index is 790. The summed E-state index contributed by atoms with van der Waals surface area (Å²) in [6, 6.07) is 12.5. The van der Waals surface area contributed by atoms with Crippen LogP contribution in [-0.4, -0.2) is 13.1 Å². The van der Waals surface area contributed by atoms with Gasteiger partial charge in [-0.1, -0.05) is 42.5 Å². The molecule has 0 spiro atoms. The molecule has 0 bridgehead atoms. The van der Waals surface area contributed by atoms with Gasteiger partial charge in [-0.15, -0.1) is 26.3 Å². The molecule has 0 heterocycles. The summed E-state index contributed by atoms with van der Waals surface area (Å²) in [6.07, 6.45) is 10.3. The minimum absolute atomic E-state index is 0.779. The first-order valence-electron chi connectivity index (χ1n) is 9.31. The number of hydrogen-bond acceptors (Lipinski definition) is 2. The molecule has 0 unspecified atom stereocenters. The van der Waals surface area contributed by atoms with Gasteiger partial charge in [0.25, 0.3) is 0 Å². The second-order valence-electron chi connectivity index (χ2n) is 6.59. The number of hydrogen-bond donors (Lipinski definition) is 1. The minimum atomic E-state index is 0.779. The van der Waals surface area contributed by atoms with Crippen LogP contribution in [0.4, 0.5) is 11.4 Å². The van der Waals surface area contributed by atoms with Crippen molar-refractivity contribution >= 4 is 11.4 Å². The van der Waals surface area contributed by atoms with Gasteiger partial charge in [0, 0.05) is 24.5 Å².